The molecular weight excluding hydrogens is 268 g/mol. The molecule has 0 unspecified atom stereocenters. The number of rotatable bonds is 6. The molecule has 1 amide bonds. The molecule has 0 radical (unpaired) electrons. The summed E-state index contributed by atoms with van der Waals surface area (Å²) in [4.78, 5) is 14.8. The molecule has 2 rings (SSSR count). The summed E-state index contributed by atoms with van der Waals surface area (Å²) in [6, 6.07) is 14.1. The van der Waals surface area contributed by atoms with Crippen LogP contribution in [0.3, 0.4) is 0 Å². The number of nitrogens with zero attached hydrogens (tertiary/aromatic N) is 1. The van der Waals surface area contributed by atoms with Gasteiger partial charge in [0, 0.05) is 36.8 Å². The Bertz CT molecular complexity index is 549. The van der Waals surface area contributed by atoms with Crippen LogP contribution in [0.2, 0.25) is 0 Å². The molecule has 20 heavy (non-hydrogen) atoms. The van der Waals surface area contributed by atoms with Gasteiger partial charge in [-0.3, -0.25) is 4.79 Å². The van der Waals surface area contributed by atoms with Crippen LogP contribution in [0, 0.1) is 0 Å². The van der Waals surface area contributed by atoms with Gasteiger partial charge in [0.1, 0.15) is 0 Å². The lowest BCUT2D eigenvalue weighted by Crippen LogP contribution is -2.31. The van der Waals surface area contributed by atoms with Crippen molar-refractivity contribution in [1.29, 1.82) is 0 Å². The molecule has 0 aliphatic carbocycles. The number of hydrogen-bond acceptors (Lipinski definition) is 3. The maximum absolute atomic E-state index is 11.6. The van der Waals surface area contributed by atoms with Crippen molar-refractivity contribution >= 4 is 29.0 Å². The number of thiophene rings is 1. The Morgan fingerprint density at radius 2 is 2.05 bits per heavy atom. The highest BCUT2D eigenvalue weighted by Crippen LogP contribution is 2.10. The number of nitrogens with one attached hydrogen (secondary N) is 1. The van der Waals surface area contributed by atoms with Crippen LogP contribution in [0.5, 0.6) is 0 Å². The zero-order chi connectivity index (χ0) is 14.2. The van der Waals surface area contributed by atoms with Gasteiger partial charge in [0.25, 0.3) is 0 Å². The first kappa shape index (κ1) is 14.3. The Morgan fingerprint density at radius 1 is 1.25 bits per heavy atom. The summed E-state index contributed by atoms with van der Waals surface area (Å²) in [5.41, 5.74) is 1.15. The molecule has 1 N–H and O–H groups in total. The molecule has 3 nitrogen and oxygen atoms in total. The first-order valence-corrected chi connectivity index (χ1v) is 7.39. The SMILES string of the molecule is CN(CCNC(=O)/C=C/c1cccs1)c1ccccc1. The second-order valence-electron chi connectivity index (χ2n) is 4.40. The van der Waals surface area contributed by atoms with Crippen molar-refractivity contribution in [2.75, 3.05) is 25.0 Å². The molecule has 0 aliphatic rings. The van der Waals surface area contributed by atoms with Crippen LogP contribution in [0.1, 0.15) is 4.88 Å². The lowest BCUT2D eigenvalue weighted by atomic mass is 10.3. The maximum atomic E-state index is 11.6. The van der Waals surface area contributed by atoms with Crippen molar-refractivity contribution < 1.29 is 4.79 Å². The van der Waals surface area contributed by atoms with Crippen LogP contribution in [0.15, 0.2) is 53.9 Å². The van der Waals surface area contributed by atoms with Gasteiger partial charge in [0.15, 0.2) is 0 Å². The van der Waals surface area contributed by atoms with E-state index in [1.165, 1.54) is 0 Å². The minimum atomic E-state index is -0.0557. The number of carbonyl (C=O) groups is 1. The van der Waals surface area contributed by atoms with Gasteiger partial charge in [-0.15, -0.1) is 11.3 Å². The van der Waals surface area contributed by atoms with Crippen LogP contribution < -0.4 is 10.2 Å². The van der Waals surface area contributed by atoms with E-state index in [-0.39, 0.29) is 5.91 Å². The van der Waals surface area contributed by atoms with Crippen molar-refractivity contribution in [3.05, 3.63) is 58.8 Å². The van der Waals surface area contributed by atoms with Crippen LogP contribution in [-0.4, -0.2) is 26.0 Å². The molecule has 0 bridgehead atoms. The molecule has 2 aromatic rings. The van der Waals surface area contributed by atoms with Gasteiger partial charge < -0.3 is 10.2 Å². The van der Waals surface area contributed by atoms with Crippen molar-refractivity contribution in [2.24, 2.45) is 0 Å². The summed E-state index contributed by atoms with van der Waals surface area (Å²) in [5, 5.41) is 4.88. The third-order valence-corrected chi connectivity index (χ3v) is 3.72. The number of amides is 1. The van der Waals surface area contributed by atoms with Gasteiger partial charge in [-0.25, -0.2) is 0 Å². The van der Waals surface area contributed by atoms with E-state index in [4.69, 9.17) is 0 Å². The van der Waals surface area contributed by atoms with E-state index >= 15 is 0 Å². The van der Waals surface area contributed by atoms with Crippen LogP contribution in [-0.2, 0) is 4.79 Å². The predicted octanol–water partition coefficient (Wildman–Crippen LogP) is 3.01. The van der Waals surface area contributed by atoms with E-state index in [0.717, 1.165) is 17.1 Å². The zero-order valence-corrected chi connectivity index (χ0v) is 12.3. The van der Waals surface area contributed by atoms with Crippen molar-refractivity contribution in [2.45, 2.75) is 0 Å². The van der Waals surface area contributed by atoms with Gasteiger partial charge in [0.2, 0.25) is 5.91 Å². The normalized spacial score (nSPS) is 10.7. The molecule has 0 atom stereocenters. The van der Waals surface area contributed by atoms with Crippen molar-refractivity contribution in [3.63, 3.8) is 0 Å². The molecule has 4 heteroatoms. The monoisotopic (exact) mass is 286 g/mol. The number of anilines is 1. The molecule has 0 saturated heterocycles. The Labute approximate surface area is 123 Å². The quantitative estimate of drug-likeness (QED) is 0.828. The van der Waals surface area contributed by atoms with Gasteiger partial charge in [-0.05, 0) is 29.7 Å². The van der Waals surface area contributed by atoms with E-state index in [9.17, 15) is 4.79 Å². The summed E-state index contributed by atoms with van der Waals surface area (Å²) in [6.45, 7) is 1.40. The highest BCUT2D eigenvalue weighted by molar-refractivity contribution is 7.10. The number of benzene rings is 1. The predicted molar refractivity (Wildman–Crippen MR) is 86.1 cm³/mol. The second kappa shape index (κ2) is 7.50. The Hall–Kier alpha value is -2.07. The fourth-order valence-electron chi connectivity index (χ4n) is 1.76. The Morgan fingerprint density at radius 3 is 2.75 bits per heavy atom. The summed E-state index contributed by atoms with van der Waals surface area (Å²) >= 11 is 1.62. The molecule has 1 aromatic heterocycles. The van der Waals surface area contributed by atoms with Crippen molar-refractivity contribution in [1.82, 2.24) is 5.32 Å². The number of hydrogen-bond donors (Lipinski definition) is 1. The lowest BCUT2D eigenvalue weighted by molar-refractivity contribution is -0.116. The van der Waals surface area contributed by atoms with Gasteiger partial charge in [0.05, 0.1) is 0 Å². The topological polar surface area (TPSA) is 32.3 Å². The fraction of sp³-hybridized carbons (Fsp3) is 0.188. The minimum Gasteiger partial charge on any atom is -0.373 e. The fourth-order valence-corrected chi connectivity index (χ4v) is 2.38. The number of likely N-dealkylation sites (N-methyl/N-ethyl adjacent to an activating group) is 1. The zero-order valence-electron chi connectivity index (χ0n) is 11.5. The minimum absolute atomic E-state index is 0.0557. The number of para-hydroxylation sites is 1. The largest absolute Gasteiger partial charge is 0.373 e. The van der Waals surface area contributed by atoms with E-state index in [1.807, 2.05) is 48.8 Å². The average molecular weight is 286 g/mol. The lowest BCUT2D eigenvalue weighted by Gasteiger charge is -2.19. The highest BCUT2D eigenvalue weighted by Gasteiger charge is 2.00. The van der Waals surface area contributed by atoms with E-state index < -0.39 is 0 Å². The Kier molecular flexibility index (Phi) is 5.38. The summed E-state index contributed by atoms with van der Waals surface area (Å²) in [7, 11) is 2.02. The van der Waals surface area contributed by atoms with E-state index in [1.54, 1.807) is 17.4 Å². The number of carbonyl (C=O) groups excluding carboxylic acids is 1. The van der Waals surface area contributed by atoms with E-state index in [0.29, 0.717) is 6.54 Å². The molecule has 0 saturated carbocycles. The first-order valence-electron chi connectivity index (χ1n) is 6.51. The maximum Gasteiger partial charge on any atom is 0.244 e. The highest BCUT2D eigenvalue weighted by atomic mass is 32.1. The van der Waals surface area contributed by atoms with Gasteiger partial charge in [-0.2, -0.15) is 0 Å². The summed E-state index contributed by atoms with van der Waals surface area (Å²) in [6.07, 6.45) is 3.41. The van der Waals surface area contributed by atoms with Gasteiger partial charge >= 0.3 is 0 Å². The Balaban J connectivity index is 1.72. The molecule has 0 aliphatic heterocycles. The molecule has 0 fully saturated rings. The average Bonchev–Trinajstić information content (AvgIpc) is 2.99. The van der Waals surface area contributed by atoms with Crippen molar-refractivity contribution in [3.8, 4) is 0 Å². The van der Waals surface area contributed by atoms with Crippen LogP contribution >= 0.6 is 11.3 Å². The standard InChI is InChI=1S/C16H18N2OS/c1-18(14-6-3-2-4-7-14)12-11-17-16(19)10-9-15-8-5-13-20-15/h2-10,13H,11-12H2,1H3,(H,17,19)/b10-9+. The third-order valence-electron chi connectivity index (χ3n) is 2.89. The van der Waals surface area contributed by atoms with Crippen LogP contribution in [0.4, 0.5) is 5.69 Å². The molecule has 0 spiro atoms. The molecular formula is C16H18N2OS. The van der Waals surface area contributed by atoms with E-state index in [2.05, 4.69) is 22.3 Å². The molecule has 1 aromatic carbocycles. The summed E-state index contributed by atoms with van der Waals surface area (Å²) < 4.78 is 0. The molecule has 1 heterocycles. The summed E-state index contributed by atoms with van der Waals surface area (Å²) in [5.74, 6) is -0.0557. The molecule has 104 valence electrons. The smallest absolute Gasteiger partial charge is 0.244 e. The van der Waals surface area contributed by atoms with Crippen LogP contribution in [0.25, 0.3) is 6.08 Å². The van der Waals surface area contributed by atoms with Gasteiger partial charge in [-0.1, -0.05) is 24.3 Å². The third kappa shape index (κ3) is 4.55. The second-order valence-corrected chi connectivity index (χ2v) is 5.38. The first-order chi connectivity index (χ1) is 9.75.